The van der Waals surface area contributed by atoms with Gasteiger partial charge in [-0.2, -0.15) is 13.2 Å². The number of fused-ring (bicyclic) bond motifs is 1. The molecule has 24 heavy (non-hydrogen) atoms. The molecule has 0 aliphatic carbocycles. The third kappa shape index (κ3) is 2.58. The number of H-pyrrole nitrogens is 1. The van der Waals surface area contributed by atoms with Crippen molar-refractivity contribution < 1.29 is 13.2 Å². The Morgan fingerprint density at radius 3 is 2.42 bits per heavy atom. The van der Waals surface area contributed by atoms with Crippen LogP contribution >= 0.6 is 11.6 Å². The second kappa shape index (κ2) is 5.66. The molecule has 126 valence electrons. The molecular formula is C16H13ClF3N3O. The summed E-state index contributed by atoms with van der Waals surface area (Å²) < 4.78 is 41.3. The minimum absolute atomic E-state index is 0.0515. The lowest BCUT2D eigenvalue weighted by Crippen LogP contribution is -2.21. The number of nitrogens with one attached hydrogen (secondary N) is 1. The summed E-state index contributed by atoms with van der Waals surface area (Å²) in [5.74, 6) is 0. The lowest BCUT2D eigenvalue weighted by atomic mass is 10.1. The quantitative estimate of drug-likeness (QED) is 0.747. The van der Waals surface area contributed by atoms with Crippen LogP contribution in [0.15, 0.2) is 29.1 Å². The first-order chi connectivity index (χ1) is 11.2. The molecule has 2 heterocycles. The predicted molar refractivity (Wildman–Crippen MR) is 85.4 cm³/mol. The van der Waals surface area contributed by atoms with Crippen molar-refractivity contribution >= 4 is 17.2 Å². The maximum absolute atomic E-state index is 13.5. The summed E-state index contributed by atoms with van der Waals surface area (Å²) in [6, 6.07) is 5.92. The van der Waals surface area contributed by atoms with Crippen LogP contribution in [0.4, 0.5) is 13.2 Å². The van der Waals surface area contributed by atoms with Crippen molar-refractivity contribution in [3.05, 3.63) is 56.6 Å². The molecule has 2 aromatic heterocycles. The highest BCUT2D eigenvalue weighted by Crippen LogP contribution is 2.38. The number of aromatic amines is 1. The van der Waals surface area contributed by atoms with Crippen molar-refractivity contribution in [3.8, 4) is 11.1 Å². The van der Waals surface area contributed by atoms with Gasteiger partial charge in [0.15, 0.2) is 5.65 Å². The Morgan fingerprint density at radius 2 is 1.88 bits per heavy atom. The number of nitrogens with zero attached hydrogens (tertiary/aromatic N) is 2. The zero-order chi connectivity index (χ0) is 17.6. The molecule has 0 amide bonds. The van der Waals surface area contributed by atoms with Gasteiger partial charge in [0.25, 0.3) is 5.56 Å². The van der Waals surface area contributed by atoms with E-state index in [0.29, 0.717) is 22.7 Å². The molecule has 1 N–H and O–H groups in total. The summed E-state index contributed by atoms with van der Waals surface area (Å²) in [5.41, 5.74) is -0.671. The average molecular weight is 356 g/mol. The summed E-state index contributed by atoms with van der Waals surface area (Å²) in [6.07, 6.45) is -4.27. The van der Waals surface area contributed by atoms with E-state index in [2.05, 4.69) is 10.1 Å². The normalized spacial score (nSPS) is 12.1. The van der Waals surface area contributed by atoms with E-state index in [0.717, 1.165) is 4.52 Å². The SMILES string of the molecule is CCc1c(C)nc2c(-c3ccc(Cl)cc3)c(C(F)(F)F)[nH]n2c1=O. The van der Waals surface area contributed by atoms with Crippen molar-refractivity contribution in [1.29, 1.82) is 0 Å². The largest absolute Gasteiger partial charge is 0.433 e. The number of benzene rings is 1. The fraction of sp³-hybridized carbons (Fsp3) is 0.250. The smallest absolute Gasteiger partial charge is 0.284 e. The molecule has 4 nitrogen and oxygen atoms in total. The third-order valence-electron chi connectivity index (χ3n) is 3.85. The van der Waals surface area contributed by atoms with Gasteiger partial charge in [-0.15, -0.1) is 0 Å². The standard InChI is InChI=1S/C16H13ClF3N3O/c1-3-11-8(2)21-14-12(9-4-6-10(17)7-5-9)13(16(18,19)20)22-23(14)15(11)24/h4-7,22H,3H2,1-2H3. The number of aryl methyl sites for hydroxylation is 1. The Bertz CT molecular complexity index is 971. The van der Waals surface area contributed by atoms with Gasteiger partial charge < -0.3 is 0 Å². The number of rotatable bonds is 2. The van der Waals surface area contributed by atoms with Gasteiger partial charge in [-0.05, 0) is 31.0 Å². The van der Waals surface area contributed by atoms with Crippen molar-refractivity contribution in [3.63, 3.8) is 0 Å². The van der Waals surface area contributed by atoms with Crippen molar-refractivity contribution in [2.24, 2.45) is 0 Å². The first-order valence-corrected chi connectivity index (χ1v) is 7.59. The van der Waals surface area contributed by atoms with Crippen LogP contribution in [0, 0.1) is 6.92 Å². The topological polar surface area (TPSA) is 50.2 Å². The van der Waals surface area contributed by atoms with E-state index >= 15 is 0 Å². The Hall–Kier alpha value is -2.28. The van der Waals surface area contributed by atoms with Gasteiger partial charge in [-0.3, -0.25) is 9.89 Å². The van der Waals surface area contributed by atoms with Crippen LogP contribution in [-0.2, 0) is 12.6 Å². The monoisotopic (exact) mass is 355 g/mol. The van der Waals surface area contributed by atoms with Crippen LogP contribution in [0.25, 0.3) is 16.8 Å². The molecule has 0 bridgehead atoms. The molecule has 0 aliphatic heterocycles. The zero-order valence-corrected chi connectivity index (χ0v) is 13.6. The fourth-order valence-electron chi connectivity index (χ4n) is 2.72. The molecule has 3 aromatic rings. The molecule has 0 unspecified atom stereocenters. The van der Waals surface area contributed by atoms with Crippen LogP contribution in [0.5, 0.6) is 0 Å². The van der Waals surface area contributed by atoms with Crippen LogP contribution in [0.3, 0.4) is 0 Å². The van der Waals surface area contributed by atoms with Crippen molar-refractivity contribution in [2.45, 2.75) is 26.4 Å². The van der Waals surface area contributed by atoms with Gasteiger partial charge in [0, 0.05) is 16.3 Å². The molecule has 0 saturated carbocycles. The average Bonchev–Trinajstić information content (AvgIpc) is 2.88. The van der Waals surface area contributed by atoms with E-state index in [4.69, 9.17) is 11.6 Å². The van der Waals surface area contributed by atoms with E-state index in [1.165, 1.54) is 24.3 Å². The van der Waals surface area contributed by atoms with Crippen LogP contribution in [-0.4, -0.2) is 14.6 Å². The highest BCUT2D eigenvalue weighted by molar-refractivity contribution is 6.30. The minimum atomic E-state index is -4.66. The first kappa shape index (κ1) is 16.6. The predicted octanol–water partition coefficient (Wildman–Crippen LogP) is 4.23. The van der Waals surface area contributed by atoms with E-state index in [1.54, 1.807) is 13.8 Å². The summed E-state index contributed by atoms with van der Waals surface area (Å²) in [7, 11) is 0. The molecule has 3 rings (SSSR count). The maximum atomic E-state index is 13.5. The number of halogens is 4. The Labute approximate surface area is 139 Å². The first-order valence-electron chi connectivity index (χ1n) is 7.21. The van der Waals surface area contributed by atoms with E-state index < -0.39 is 17.4 Å². The lowest BCUT2D eigenvalue weighted by molar-refractivity contribution is -0.140. The number of aromatic nitrogens is 3. The molecule has 0 radical (unpaired) electrons. The number of alkyl halides is 3. The van der Waals surface area contributed by atoms with Gasteiger partial charge in [0.1, 0.15) is 5.69 Å². The third-order valence-corrected chi connectivity index (χ3v) is 4.10. The molecular weight excluding hydrogens is 343 g/mol. The lowest BCUT2D eigenvalue weighted by Gasteiger charge is -2.07. The number of hydrogen-bond acceptors (Lipinski definition) is 2. The van der Waals surface area contributed by atoms with E-state index in [-0.39, 0.29) is 16.8 Å². The van der Waals surface area contributed by atoms with Gasteiger partial charge in [0.05, 0.1) is 5.56 Å². The van der Waals surface area contributed by atoms with Gasteiger partial charge >= 0.3 is 6.18 Å². The van der Waals surface area contributed by atoms with Crippen molar-refractivity contribution in [2.75, 3.05) is 0 Å². The van der Waals surface area contributed by atoms with Gasteiger partial charge in [-0.25, -0.2) is 9.50 Å². The molecule has 0 atom stereocenters. The van der Waals surface area contributed by atoms with Crippen LogP contribution < -0.4 is 5.56 Å². The molecule has 0 spiro atoms. The summed E-state index contributed by atoms with van der Waals surface area (Å²) in [4.78, 5) is 16.7. The van der Waals surface area contributed by atoms with Crippen LogP contribution in [0.1, 0.15) is 23.9 Å². The molecule has 0 saturated heterocycles. The summed E-state index contributed by atoms with van der Waals surface area (Å²) in [5, 5.41) is 2.58. The Balaban J connectivity index is 2.45. The van der Waals surface area contributed by atoms with Gasteiger partial charge in [-0.1, -0.05) is 30.7 Å². The van der Waals surface area contributed by atoms with E-state index in [1.807, 2.05) is 0 Å². The van der Waals surface area contributed by atoms with E-state index in [9.17, 15) is 18.0 Å². The second-order valence-corrected chi connectivity index (χ2v) is 5.80. The molecule has 0 aliphatic rings. The fourth-order valence-corrected chi connectivity index (χ4v) is 2.84. The number of hydrogen-bond donors (Lipinski definition) is 1. The molecule has 8 heteroatoms. The Kier molecular flexibility index (Phi) is 3.91. The molecule has 1 aromatic carbocycles. The zero-order valence-electron chi connectivity index (χ0n) is 12.8. The molecule has 0 fully saturated rings. The van der Waals surface area contributed by atoms with Crippen molar-refractivity contribution in [1.82, 2.24) is 14.6 Å². The Morgan fingerprint density at radius 1 is 1.25 bits per heavy atom. The minimum Gasteiger partial charge on any atom is -0.284 e. The van der Waals surface area contributed by atoms with Crippen LogP contribution in [0.2, 0.25) is 5.02 Å². The summed E-state index contributed by atoms with van der Waals surface area (Å²) in [6.45, 7) is 3.37. The highest BCUT2D eigenvalue weighted by atomic mass is 35.5. The maximum Gasteiger partial charge on any atom is 0.433 e. The van der Waals surface area contributed by atoms with Gasteiger partial charge in [0.2, 0.25) is 0 Å². The summed E-state index contributed by atoms with van der Waals surface area (Å²) >= 11 is 5.81. The highest BCUT2D eigenvalue weighted by Gasteiger charge is 2.38. The second-order valence-electron chi connectivity index (χ2n) is 5.36.